The number of ether oxygens (including phenoxy) is 1. The van der Waals surface area contributed by atoms with E-state index in [-0.39, 0.29) is 0 Å². The van der Waals surface area contributed by atoms with Crippen molar-refractivity contribution in [2.45, 2.75) is 13.3 Å². The number of hydrogen-bond donors (Lipinski definition) is 1. The lowest BCUT2D eigenvalue weighted by Crippen LogP contribution is -2.27. The van der Waals surface area contributed by atoms with Gasteiger partial charge in [0, 0.05) is 20.2 Å². The molecule has 4 heteroatoms. The highest BCUT2D eigenvalue weighted by Crippen LogP contribution is 2.26. The molecule has 0 aliphatic rings. The van der Waals surface area contributed by atoms with Crippen LogP contribution in [0.4, 0.5) is 5.69 Å². The number of methoxy groups -OCH3 is 1. The second-order valence-corrected chi connectivity index (χ2v) is 4.30. The molecule has 1 rings (SSSR count). The molecule has 0 radical (unpaired) electrons. The Morgan fingerprint density at radius 2 is 2.18 bits per heavy atom. The average molecular weight is 257 g/mol. The fourth-order valence-corrected chi connectivity index (χ4v) is 2.10. The van der Waals surface area contributed by atoms with Crippen LogP contribution in [0, 0.1) is 0 Å². The fraction of sp³-hybridized carbons (Fsp3) is 0.538. The molecule has 0 fully saturated rings. The van der Waals surface area contributed by atoms with Crippen molar-refractivity contribution in [2.24, 2.45) is 5.73 Å². The summed E-state index contributed by atoms with van der Waals surface area (Å²) in [6, 6.07) is 6.15. The Labute approximate surface area is 109 Å². The van der Waals surface area contributed by atoms with Crippen molar-refractivity contribution in [3.63, 3.8) is 0 Å². The van der Waals surface area contributed by atoms with Crippen LogP contribution in [-0.2, 0) is 11.2 Å². The van der Waals surface area contributed by atoms with E-state index in [1.807, 2.05) is 6.07 Å². The first-order valence-corrected chi connectivity index (χ1v) is 6.33. The highest BCUT2D eigenvalue weighted by molar-refractivity contribution is 6.33. The second kappa shape index (κ2) is 7.54. The van der Waals surface area contributed by atoms with E-state index in [2.05, 4.69) is 24.0 Å². The minimum atomic E-state index is 0.650. The molecule has 96 valence electrons. The lowest BCUT2D eigenvalue weighted by atomic mass is 10.1. The monoisotopic (exact) mass is 256 g/mol. The molecule has 0 aliphatic heterocycles. The summed E-state index contributed by atoms with van der Waals surface area (Å²) in [6.45, 7) is 5.23. The summed E-state index contributed by atoms with van der Waals surface area (Å²) in [7, 11) is 1.71. The van der Waals surface area contributed by atoms with Crippen molar-refractivity contribution in [2.75, 3.05) is 38.3 Å². The first-order chi connectivity index (χ1) is 8.22. The molecule has 0 spiro atoms. The van der Waals surface area contributed by atoms with E-state index in [9.17, 15) is 0 Å². The number of likely N-dealkylation sites (N-methyl/N-ethyl adjacent to an activating group) is 1. The zero-order valence-corrected chi connectivity index (χ0v) is 11.3. The first kappa shape index (κ1) is 14.3. The Balaban J connectivity index is 2.81. The fourth-order valence-electron chi connectivity index (χ4n) is 1.78. The van der Waals surface area contributed by atoms with Gasteiger partial charge in [0.05, 0.1) is 17.3 Å². The van der Waals surface area contributed by atoms with Gasteiger partial charge in [0.15, 0.2) is 0 Å². The van der Waals surface area contributed by atoms with Gasteiger partial charge in [-0.2, -0.15) is 0 Å². The van der Waals surface area contributed by atoms with Crippen LogP contribution in [0.2, 0.25) is 5.02 Å². The molecule has 17 heavy (non-hydrogen) atoms. The maximum atomic E-state index is 6.29. The number of nitrogens with two attached hydrogens (primary N) is 1. The SMILES string of the molecule is CCN(CCOC)c1ccc(CCN)cc1Cl. The van der Waals surface area contributed by atoms with Crippen LogP contribution in [0.1, 0.15) is 12.5 Å². The molecular weight excluding hydrogens is 236 g/mol. The van der Waals surface area contributed by atoms with Crippen LogP contribution < -0.4 is 10.6 Å². The van der Waals surface area contributed by atoms with Crippen LogP contribution in [0.15, 0.2) is 18.2 Å². The van der Waals surface area contributed by atoms with Gasteiger partial charge < -0.3 is 15.4 Å². The van der Waals surface area contributed by atoms with Gasteiger partial charge in [0.25, 0.3) is 0 Å². The van der Waals surface area contributed by atoms with E-state index in [0.717, 1.165) is 30.2 Å². The molecule has 0 saturated carbocycles. The number of benzene rings is 1. The van der Waals surface area contributed by atoms with Crippen molar-refractivity contribution >= 4 is 17.3 Å². The predicted molar refractivity (Wildman–Crippen MR) is 74.0 cm³/mol. The van der Waals surface area contributed by atoms with Crippen molar-refractivity contribution in [3.05, 3.63) is 28.8 Å². The van der Waals surface area contributed by atoms with E-state index < -0.39 is 0 Å². The molecule has 0 amide bonds. The van der Waals surface area contributed by atoms with Gasteiger partial charge in [-0.25, -0.2) is 0 Å². The predicted octanol–water partition coefficient (Wildman–Crippen LogP) is 2.31. The highest BCUT2D eigenvalue weighted by atomic mass is 35.5. The smallest absolute Gasteiger partial charge is 0.0642 e. The van der Waals surface area contributed by atoms with Crippen molar-refractivity contribution in [1.82, 2.24) is 0 Å². The van der Waals surface area contributed by atoms with Gasteiger partial charge in [-0.3, -0.25) is 0 Å². The summed E-state index contributed by atoms with van der Waals surface area (Å²) in [5.74, 6) is 0. The topological polar surface area (TPSA) is 38.5 Å². The van der Waals surface area contributed by atoms with Gasteiger partial charge in [-0.1, -0.05) is 17.7 Å². The number of rotatable bonds is 7. The molecule has 0 saturated heterocycles. The van der Waals surface area contributed by atoms with Crippen molar-refractivity contribution < 1.29 is 4.74 Å². The molecule has 0 heterocycles. The summed E-state index contributed by atoms with van der Waals surface area (Å²) in [6.07, 6.45) is 0.865. The molecule has 1 aromatic carbocycles. The lowest BCUT2D eigenvalue weighted by Gasteiger charge is -2.24. The molecule has 2 N–H and O–H groups in total. The number of halogens is 1. The first-order valence-electron chi connectivity index (χ1n) is 5.95. The van der Waals surface area contributed by atoms with E-state index in [4.69, 9.17) is 22.1 Å². The normalized spacial score (nSPS) is 10.6. The zero-order chi connectivity index (χ0) is 12.7. The average Bonchev–Trinajstić information content (AvgIpc) is 2.32. The van der Waals surface area contributed by atoms with Crippen LogP contribution >= 0.6 is 11.6 Å². The number of hydrogen-bond acceptors (Lipinski definition) is 3. The van der Waals surface area contributed by atoms with Crippen LogP contribution in [-0.4, -0.2) is 33.4 Å². The lowest BCUT2D eigenvalue weighted by molar-refractivity contribution is 0.205. The molecule has 0 bridgehead atoms. The van der Waals surface area contributed by atoms with Crippen molar-refractivity contribution in [1.29, 1.82) is 0 Å². The third-order valence-corrected chi connectivity index (χ3v) is 3.04. The maximum absolute atomic E-state index is 6.29. The van der Waals surface area contributed by atoms with Gasteiger partial charge in [0.2, 0.25) is 0 Å². The third-order valence-electron chi connectivity index (χ3n) is 2.73. The van der Waals surface area contributed by atoms with E-state index in [1.165, 1.54) is 5.56 Å². The third kappa shape index (κ3) is 4.19. The van der Waals surface area contributed by atoms with Crippen LogP contribution in [0.5, 0.6) is 0 Å². The number of anilines is 1. The standard InChI is InChI=1S/C13H21ClN2O/c1-3-16(8-9-17-2)13-5-4-11(6-7-15)10-12(13)14/h4-5,10H,3,6-9,15H2,1-2H3. The quantitative estimate of drug-likeness (QED) is 0.814. The van der Waals surface area contributed by atoms with Crippen LogP contribution in [0.3, 0.4) is 0 Å². The Bertz CT molecular complexity index is 344. The van der Waals surface area contributed by atoms with E-state index >= 15 is 0 Å². The maximum Gasteiger partial charge on any atom is 0.0642 e. The molecular formula is C13H21ClN2O. The molecule has 0 atom stereocenters. The summed E-state index contributed by atoms with van der Waals surface area (Å²) in [5, 5.41) is 0.786. The number of nitrogens with zero attached hydrogens (tertiary/aromatic N) is 1. The molecule has 1 aromatic rings. The highest BCUT2D eigenvalue weighted by Gasteiger charge is 2.08. The van der Waals surface area contributed by atoms with Crippen molar-refractivity contribution in [3.8, 4) is 0 Å². The van der Waals surface area contributed by atoms with Gasteiger partial charge >= 0.3 is 0 Å². The molecule has 0 aliphatic carbocycles. The zero-order valence-electron chi connectivity index (χ0n) is 10.6. The van der Waals surface area contributed by atoms with Gasteiger partial charge in [0.1, 0.15) is 0 Å². The Hall–Kier alpha value is -0.770. The molecule has 0 unspecified atom stereocenters. The molecule has 0 aromatic heterocycles. The Morgan fingerprint density at radius 3 is 2.71 bits per heavy atom. The largest absolute Gasteiger partial charge is 0.383 e. The summed E-state index contributed by atoms with van der Waals surface area (Å²) < 4.78 is 5.10. The van der Waals surface area contributed by atoms with E-state index in [1.54, 1.807) is 7.11 Å². The van der Waals surface area contributed by atoms with E-state index in [0.29, 0.717) is 13.2 Å². The Morgan fingerprint density at radius 1 is 1.41 bits per heavy atom. The summed E-state index contributed by atoms with van der Waals surface area (Å²) >= 11 is 6.29. The van der Waals surface area contributed by atoms with Gasteiger partial charge in [-0.15, -0.1) is 0 Å². The minimum Gasteiger partial charge on any atom is -0.383 e. The summed E-state index contributed by atoms with van der Waals surface area (Å²) in [4.78, 5) is 2.21. The Kier molecular flexibility index (Phi) is 6.34. The van der Waals surface area contributed by atoms with Crippen LogP contribution in [0.25, 0.3) is 0 Å². The second-order valence-electron chi connectivity index (χ2n) is 3.90. The molecule has 3 nitrogen and oxygen atoms in total. The minimum absolute atomic E-state index is 0.650. The summed E-state index contributed by atoms with van der Waals surface area (Å²) in [5.41, 5.74) is 7.78. The van der Waals surface area contributed by atoms with Gasteiger partial charge in [-0.05, 0) is 37.6 Å².